The second kappa shape index (κ2) is 7.03. The number of nitrogens with zero attached hydrogens (tertiary/aromatic N) is 2. The van der Waals surface area contributed by atoms with Gasteiger partial charge < -0.3 is 10.2 Å². The number of amides is 1. The molecule has 3 aromatic rings. The van der Waals surface area contributed by atoms with Crippen LogP contribution in [0, 0.1) is 0 Å². The number of hydrogen-bond acceptors (Lipinski definition) is 3. The first-order chi connectivity index (χ1) is 13.0. The van der Waals surface area contributed by atoms with E-state index in [1.165, 1.54) is 23.8 Å². The van der Waals surface area contributed by atoms with E-state index in [0.29, 0.717) is 11.5 Å². The largest absolute Gasteiger partial charge is 0.378 e. The van der Waals surface area contributed by atoms with Gasteiger partial charge in [0.15, 0.2) is 0 Å². The van der Waals surface area contributed by atoms with Gasteiger partial charge in [0, 0.05) is 31.5 Å². The standard InChI is InChI=1S/C23H25N3O/c1-15(22-14-19(26(2)3)11-12-24-22)25-23(27)18-9-10-21-17(13-18)5-4-6-20(21)16-7-8-16/h4-6,9-16H,7-8H2,1-3H3,(H,25,27). The molecule has 1 unspecified atom stereocenters. The molecular formula is C23H25N3O. The van der Waals surface area contributed by atoms with Crippen LogP contribution in [0.3, 0.4) is 0 Å². The molecule has 2 aromatic carbocycles. The lowest BCUT2D eigenvalue weighted by Gasteiger charge is -2.17. The van der Waals surface area contributed by atoms with Crippen LogP contribution in [0.4, 0.5) is 5.69 Å². The van der Waals surface area contributed by atoms with Gasteiger partial charge in [-0.25, -0.2) is 0 Å². The topological polar surface area (TPSA) is 45.2 Å². The van der Waals surface area contributed by atoms with Gasteiger partial charge in [-0.3, -0.25) is 9.78 Å². The predicted octanol–water partition coefficient (Wildman–Crippen LogP) is 4.67. The van der Waals surface area contributed by atoms with E-state index in [4.69, 9.17) is 0 Å². The summed E-state index contributed by atoms with van der Waals surface area (Å²) >= 11 is 0. The number of benzene rings is 2. The molecule has 1 aliphatic rings. The van der Waals surface area contributed by atoms with Crippen molar-refractivity contribution in [3.05, 3.63) is 71.5 Å². The summed E-state index contributed by atoms with van der Waals surface area (Å²) in [5, 5.41) is 5.47. The molecule has 138 valence electrons. The number of pyridine rings is 1. The van der Waals surface area contributed by atoms with Crippen LogP contribution in [0.2, 0.25) is 0 Å². The summed E-state index contributed by atoms with van der Waals surface area (Å²) in [7, 11) is 3.99. The lowest BCUT2D eigenvalue weighted by molar-refractivity contribution is 0.0939. The maximum Gasteiger partial charge on any atom is 0.251 e. The molecule has 1 N–H and O–H groups in total. The number of carbonyl (C=O) groups is 1. The summed E-state index contributed by atoms with van der Waals surface area (Å²) in [4.78, 5) is 19.2. The molecule has 0 spiro atoms. The molecule has 1 aromatic heterocycles. The summed E-state index contributed by atoms with van der Waals surface area (Å²) in [6, 6.07) is 16.2. The third-order valence-corrected chi connectivity index (χ3v) is 5.27. The minimum absolute atomic E-state index is 0.0710. The predicted molar refractivity (Wildman–Crippen MR) is 110 cm³/mol. The van der Waals surface area contributed by atoms with Gasteiger partial charge in [-0.15, -0.1) is 0 Å². The van der Waals surface area contributed by atoms with E-state index in [-0.39, 0.29) is 11.9 Å². The molecule has 1 amide bonds. The average molecular weight is 359 g/mol. The zero-order chi connectivity index (χ0) is 19.0. The van der Waals surface area contributed by atoms with Crippen LogP contribution in [0.25, 0.3) is 10.8 Å². The van der Waals surface area contributed by atoms with Gasteiger partial charge in [0.05, 0.1) is 11.7 Å². The summed E-state index contributed by atoms with van der Waals surface area (Å²) in [6.07, 6.45) is 4.33. The normalized spacial score (nSPS) is 14.8. The van der Waals surface area contributed by atoms with Crippen LogP contribution >= 0.6 is 0 Å². The molecule has 1 saturated carbocycles. The van der Waals surface area contributed by atoms with Crippen LogP contribution in [-0.2, 0) is 0 Å². The highest BCUT2D eigenvalue weighted by Gasteiger charge is 2.25. The van der Waals surface area contributed by atoms with Crippen molar-refractivity contribution in [2.24, 2.45) is 0 Å². The number of fused-ring (bicyclic) bond motifs is 1. The Bertz CT molecular complexity index is 992. The van der Waals surface area contributed by atoms with Crippen molar-refractivity contribution in [1.82, 2.24) is 10.3 Å². The number of rotatable bonds is 5. The van der Waals surface area contributed by atoms with Gasteiger partial charge in [0.2, 0.25) is 0 Å². The first-order valence-electron chi connectivity index (χ1n) is 9.50. The quantitative estimate of drug-likeness (QED) is 0.720. The van der Waals surface area contributed by atoms with E-state index in [2.05, 4.69) is 34.6 Å². The lowest BCUT2D eigenvalue weighted by atomic mass is 9.99. The van der Waals surface area contributed by atoms with Gasteiger partial charge >= 0.3 is 0 Å². The van der Waals surface area contributed by atoms with E-state index in [9.17, 15) is 4.79 Å². The monoisotopic (exact) mass is 359 g/mol. The zero-order valence-corrected chi connectivity index (χ0v) is 16.1. The van der Waals surface area contributed by atoms with E-state index in [1.807, 2.05) is 50.2 Å². The maximum atomic E-state index is 12.8. The van der Waals surface area contributed by atoms with Gasteiger partial charge in [-0.1, -0.05) is 24.3 Å². The highest BCUT2D eigenvalue weighted by molar-refractivity contribution is 5.99. The van der Waals surface area contributed by atoms with Crippen molar-refractivity contribution in [2.75, 3.05) is 19.0 Å². The first-order valence-corrected chi connectivity index (χ1v) is 9.50. The number of nitrogens with one attached hydrogen (secondary N) is 1. The Hall–Kier alpha value is -2.88. The Labute approximate surface area is 160 Å². The average Bonchev–Trinajstić information content (AvgIpc) is 3.52. The van der Waals surface area contributed by atoms with E-state index in [1.54, 1.807) is 6.20 Å². The Balaban J connectivity index is 1.55. The molecule has 4 heteroatoms. The highest BCUT2D eigenvalue weighted by Crippen LogP contribution is 2.43. The van der Waals surface area contributed by atoms with Gasteiger partial charge in [0.1, 0.15) is 0 Å². The zero-order valence-electron chi connectivity index (χ0n) is 16.1. The Morgan fingerprint density at radius 2 is 1.96 bits per heavy atom. The van der Waals surface area contributed by atoms with Crippen molar-refractivity contribution < 1.29 is 4.79 Å². The fourth-order valence-electron chi connectivity index (χ4n) is 3.51. The fourth-order valence-corrected chi connectivity index (χ4v) is 3.51. The van der Waals surface area contributed by atoms with Crippen molar-refractivity contribution in [1.29, 1.82) is 0 Å². The molecule has 0 saturated heterocycles. The second-order valence-electron chi connectivity index (χ2n) is 7.59. The van der Waals surface area contributed by atoms with Crippen molar-refractivity contribution in [2.45, 2.75) is 31.7 Å². The minimum atomic E-state index is -0.161. The van der Waals surface area contributed by atoms with Gasteiger partial charge in [-0.2, -0.15) is 0 Å². The van der Waals surface area contributed by atoms with E-state index >= 15 is 0 Å². The SMILES string of the molecule is CC(NC(=O)c1ccc2c(C3CC3)cccc2c1)c1cc(N(C)C)ccn1. The summed E-state index contributed by atoms with van der Waals surface area (Å²) < 4.78 is 0. The molecule has 4 rings (SSSR count). The third kappa shape index (κ3) is 3.65. The minimum Gasteiger partial charge on any atom is -0.378 e. The van der Waals surface area contributed by atoms with E-state index < -0.39 is 0 Å². The van der Waals surface area contributed by atoms with Crippen molar-refractivity contribution in [3.63, 3.8) is 0 Å². The molecular weight excluding hydrogens is 334 g/mol. The van der Waals surface area contributed by atoms with Crippen LogP contribution in [0.1, 0.15) is 53.3 Å². The Kier molecular flexibility index (Phi) is 4.56. The number of anilines is 1. The molecule has 0 radical (unpaired) electrons. The van der Waals surface area contributed by atoms with Crippen LogP contribution in [-0.4, -0.2) is 25.0 Å². The van der Waals surface area contributed by atoms with Crippen LogP contribution in [0.5, 0.6) is 0 Å². The molecule has 27 heavy (non-hydrogen) atoms. The molecule has 0 bridgehead atoms. The maximum absolute atomic E-state index is 12.8. The smallest absolute Gasteiger partial charge is 0.251 e. The van der Waals surface area contributed by atoms with E-state index in [0.717, 1.165) is 16.8 Å². The number of carbonyl (C=O) groups excluding carboxylic acids is 1. The number of hydrogen-bond donors (Lipinski definition) is 1. The third-order valence-electron chi connectivity index (χ3n) is 5.27. The summed E-state index contributed by atoms with van der Waals surface area (Å²) in [5.41, 5.74) is 4.02. The Morgan fingerprint density at radius 3 is 2.70 bits per heavy atom. The Morgan fingerprint density at radius 1 is 1.15 bits per heavy atom. The highest BCUT2D eigenvalue weighted by atomic mass is 16.1. The number of aromatic nitrogens is 1. The fraction of sp³-hybridized carbons (Fsp3) is 0.304. The van der Waals surface area contributed by atoms with Crippen molar-refractivity contribution in [3.8, 4) is 0 Å². The summed E-state index contributed by atoms with van der Waals surface area (Å²) in [6.45, 7) is 1.96. The molecule has 4 nitrogen and oxygen atoms in total. The van der Waals surface area contributed by atoms with Gasteiger partial charge in [-0.05, 0) is 66.3 Å². The first kappa shape index (κ1) is 17.5. The van der Waals surface area contributed by atoms with Crippen LogP contribution < -0.4 is 10.2 Å². The molecule has 1 aliphatic carbocycles. The molecule has 0 aliphatic heterocycles. The summed E-state index contributed by atoms with van der Waals surface area (Å²) in [5.74, 6) is 0.627. The molecule has 1 fully saturated rings. The lowest BCUT2D eigenvalue weighted by Crippen LogP contribution is -2.27. The molecule has 1 atom stereocenters. The van der Waals surface area contributed by atoms with Crippen molar-refractivity contribution >= 4 is 22.4 Å². The molecule has 1 heterocycles. The van der Waals surface area contributed by atoms with Crippen LogP contribution in [0.15, 0.2) is 54.7 Å². The second-order valence-corrected chi connectivity index (χ2v) is 7.59. The van der Waals surface area contributed by atoms with Gasteiger partial charge in [0.25, 0.3) is 5.91 Å².